The quantitative estimate of drug-likeness (QED) is 0.845. The highest BCUT2D eigenvalue weighted by molar-refractivity contribution is 7.86. The molecule has 1 atom stereocenters. The molecule has 1 unspecified atom stereocenters. The first kappa shape index (κ1) is 15.7. The van der Waals surface area contributed by atoms with Gasteiger partial charge in [-0.25, -0.2) is 0 Å². The normalized spacial score (nSPS) is 27.6. The minimum atomic E-state index is -3.48. The zero-order valence-electron chi connectivity index (χ0n) is 12.0. The fraction of sp³-hybridized carbons (Fsp3) is 0.923. The molecule has 6 nitrogen and oxygen atoms in total. The van der Waals surface area contributed by atoms with Gasteiger partial charge in [-0.3, -0.25) is 4.79 Å². The van der Waals surface area contributed by atoms with Gasteiger partial charge < -0.3 is 5.11 Å². The van der Waals surface area contributed by atoms with Gasteiger partial charge in [0.2, 0.25) is 0 Å². The van der Waals surface area contributed by atoms with Crippen molar-refractivity contribution in [1.29, 1.82) is 0 Å². The van der Waals surface area contributed by atoms with Crippen molar-refractivity contribution < 1.29 is 18.3 Å². The number of rotatable bonds is 4. The highest BCUT2D eigenvalue weighted by Crippen LogP contribution is 2.26. The van der Waals surface area contributed by atoms with Gasteiger partial charge in [0.15, 0.2) is 0 Å². The summed E-state index contributed by atoms with van der Waals surface area (Å²) in [6.45, 7) is 3.83. The largest absolute Gasteiger partial charge is 0.481 e. The molecule has 0 bridgehead atoms. The maximum absolute atomic E-state index is 12.6. The van der Waals surface area contributed by atoms with E-state index in [-0.39, 0.29) is 6.54 Å². The molecule has 2 saturated heterocycles. The Morgan fingerprint density at radius 1 is 1.15 bits per heavy atom. The molecule has 0 amide bonds. The Hall–Kier alpha value is -0.660. The highest BCUT2D eigenvalue weighted by atomic mass is 32.2. The van der Waals surface area contributed by atoms with Gasteiger partial charge in [-0.1, -0.05) is 13.3 Å². The van der Waals surface area contributed by atoms with Crippen LogP contribution in [0.3, 0.4) is 0 Å². The van der Waals surface area contributed by atoms with Crippen molar-refractivity contribution in [3.05, 3.63) is 0 Å². The van der Waals surface area contributed by atoms with Crippen molar-refractivity contribution >= 4 is 16.2 Å². The minimum Gasteiger partial charge on any atom is -0.481 e. The van der Waals surface area contributed by atoms with Crippen LogP contribution in [0.15, 0.2) is 0 Å². The van der Waals surface area contributed by atoms with Crippen LogP contribution in [0.5, 0.6) is 0 Å². The van der Waals surface area contributed by atoms with Crippen molar-refractivity contribution in [2.45, 2.75) is 39.0 Å². The van der Waals surface area contributed by atoms with E-state index < -0.39 is 22.1 Å². The SMILES string of the molecule is CCC1CCN(S(=O)(=O)N2CCCC(C(=O)O)C2)CC1. The zero-order chi connectivity index (χ0) is 14.8. The number of piperidine rings is 2. The van der Waals surface area contributed by atoms with Crippen molar-refractivity contribution in [3.63, 3.8) is 0 Å². The number of hydrogen-bond donors (Lipinski definition) is 1. The van der Waals surface area contributed by atoms with E-state index in [1.807, 2.05) is 0 Å². The zero-order valence-corrected chi connectivity index (χ0v) is 12.8. The van der Waals surface area contributed by atoms with Crippen LogP contribution in [0, 0.1) is 11.8 Å². The van der Waals surface area contributed by atoms with E-state index in [1.54, 1.807) is 0 Å². The van der Waals surface area contributed by atoms with E-state index in [0.717, 1.165) is 19.3 Å². The number of nitrogens with zero attached hydrogens (tertiary/aromatic N) is 2. The lowest BCUT2D eigenvalue weighted by Crippen LogP contribution is -2.51. The first-order valence-electron chi connectivity index (χ1n) is 7.43. The average Bonchev–Trinajstić information content (AvgIpc) is 2.47. The molecule has 7 heteroatoms. The van der Waals surface area contributed by atoms with Crippen LogP contribution in [0.1, 0.15) is 39.0 Å². The number of aliphatic carboxylic acids is 1. The standard InChI is InChI=1S/C13H24N2O4S/c1-2-11-5-8-14(9-6-11)20(18,19)15-7-3-4-12(10-15)13(16)17/h11-12H,2-10H2,1H3,(H,16,17). The average molecular weight is 304 g/mol. The number of carboxylic acids is 1. The van der Waals surface area contributed by atoms with E-state index in [2.05, 4.69) is 6.92 Å². The summed E-state index contributed by atoms with van der Waals surface area (Å²) in [4.78, 5) is 11.0. The molecule has 20 heavy (non-hydrogen) atoms. The van der Waals surface area contributed by atoms with E-state index in [0.29, 0.717) is 38.4 Å². The molecular formula is C13H24N2O4S. The smallest absolute Gasteiger partial charge is 0.307 e. The lowest BCUT2D eigenvalue weighted by atomic mass is 9.96. The van der Waals surface area contributed by atoms with Crippen LogP contribution in [0.2, 0.25) is 0 Å². The van der Waals surface area contributed by atoms with Gasteiger partial charge in [0.1, 0.15) is 0 Å². The first-order chi connectivity index (χ1) is 9.45. The first-order valence-corrected chi connectivity index (χ1v) is 8.83. The Morgan fingerprint density at radius 2 is 1.80 bits per heavy atom. The second-order valence-electron chi connectivity index (χ2n) is 5.79. The van der Waals surface area contributed by atoms with Gasteiger partial charge in [0, 0.05) is 26.2 Å². The summed E-state index contributed by atoms with van der Waals surface area (Å²) in [5.41, 5.74) is 0. The Kier molecular flexibility index (Phi) is 5.04. The molecule has 2 rings (SSSR count). The predicted molar refractivity (Wildman–Crippen MR) is 75.4 cm³/mol. The molecule has 0 aliphatic carbocycles. The monoisotopic (exact) mass is 304 g/mol. The van der Waals surface area contributed by atoms with Gasteiger partial charge in [-0.2, -0.15) is 17.0 Å². The number of carboxylic acid groups (broad SMARTS) is 1. The molecule has 0 aromatic heterocycles. The van der Waals surface area contributed by atoms with Gasteiger partial charge in [0.25, 0.3) is 10.2 Å². The highest BCUT2D eigenvalue weighted by Gasteiger charge is 2.37. The van der Waals surface area contributed by atoms with E-state index in [1.165, 1.54) is 8.61 Å². The molecule has 116 valence electrons. The number of carbonyl (C=O) groups is 1. The Morgan fingerprint density at radius 3 is 2.35 bits per heavy atom. The third-order valence-electron chi connectivity index (χ3n) is 4.54. The van der Waals surface area contributed by atoms with Crippen LogP contribution in [-0.4, -0.2) is 54.3 Å². The maximum Gasteiger partial charge on any atom is 0.307 e. The third kappa shape index (κ3) is 3.32. The van der Waals surface area contributed by atoms with Crippen molar-refractivity contribution in [3.8, 4) is 0 Å². The molecule has 1 N–H and O–H groups in total. The summed E-state index contributed by atoms with van der Waals surface area (Å²) in [6, 6.07) is 0. The molecule has 0 spiro atoms. The van der Waals surface area contributed by atoms with Crippen molar-refractivity contribution in [2.24, 2.45) is 11.8 Å². The molecule has 0 aromatic rings. The second kappa shape index (κ2) is 6.41. The van der Waals surface area contributed by atoms with Crippen LogP contribution >= 0.6 is 0 Å². The van der Waals surface area contributed by atoms with E-state index in [4.69, 9.17) is 5.11 Å². The summed E-state index contributed by atoms with van der Waals surface area (Å²) >= 11 is 0. The summed E-state index contributed by atoms with van der Waals surface area (Å²) in [5, 5.41) is 9.06. The third-order valence-corrected chi connectivity index (χ3v) is 6.54. The fourth-order valence-corrected chi connectivity index (χ4v) is 4.79. The van der Waals surface area contributed by atoms with Crippen LogP contribution in [-0.2, 0) is 15.0 Å². The Balaban J connectivity index is 2.01. The maximum atomic E-state index is 12.6. The predicted octanol–water partition coefficient (Wildman–Crippen LogP) is 1.15. The van der Waals surface area contributed by atoms with Crippen molar-refractivity contribution in [2.75, 3.05) is 26.2 Å². The van der Waals surface area contributed by atoms with Gasteiger partial charge in [0.05, 0.1) is 5.92 Å². The Labute approximate surface area is 120 Å². The molecule has 2 aliphatic heterocycles. The molecule has 0 radical (unpaired) electrons. The molecule has 2 fully saturated rings. The molecule has 0 aromatic carbocycles. The van der Waals surface area contributed by atoms with E-state index >= 15 is 0 Å². The lowest BCUT2D eigenvalue weighted by Gasteiger charge is -2.37. The summed E-state index contributed by atoms with van der Waals surface area (Å²) in [7, 11) is -3.48. The molecule has 2 aliphatic rings. The van der Waals surface area contributed by atoms with Gasteiger partial charge in [-0.05, 0) is 31.6 Å². The van der Waals surface area contributed by atoms with Crippen molar-refractivity contribution in [1.82, 2.24) is 8.61 Å². The second-order valence-corrected chi connectivity index (χ2v) is 7.72. The molecule has 2 heterocycles. The minimum absolute atomic E-state index is 0.116. The van der Waals surface area contributed by atoms with Gasteiger partial charge >= 0.3 is 5.97 Å². The van der Waals surface area contributed by atoms with E-state index in [9.17, 15) is 13.2 Å². The molecular weight excluding hydrogens is 280 g/mol. The summed E-state index contributed by atoms with van der Waals surface area (Å²) in [5.74, 6) is -0.837. The van der Waals surface area contributed by atoms with Gasteiger partial charge in [-0.15, -0.1) is 0 Å². The number of hydrogen-bond acceptors (Lipinski definition) is 3. The topological polar surface area (TPSA) is 77.9 Å². The fourth-order valence-electron chi connectivity index (χ4n) is 3.07. The summed E-state index contributed by atoms with van der Waals surface area (Å²) < 4.78 is 28.0. The van der Waals surface area contributed by atoms with Crippen LogP contribution < -0.4 is 0 Å². The lowest BCUT2D eigenvalue weighted by molar-refractivity contribution is -0.142. The Bertz CT molecular complexity index is 443. The molecule has 0 saturated carbocycles. The van der Waals surface area contributed by atoms with Crippen LogP contribution in [0.25, 0.3) is 0 Å². The van der Waals surface area contributed by atoms with Crippen LogP contribution in [0.4, 0.5) is 0 Å². The summed E-state index contributed by atoms with van der Waals surface area (Å²) in [6.07, 6.45) is 4.11.